The lowest BCUT2D eigenvalue weighted by molar-refractivity contribution is -0.122. The lowest BCUT2D eigenvalue weighted by atomic mass is 10.00. The van der Waals surface area contributed by atoms with Crippen LogP contribution in [0.25, 0.3) is 0 Å². The first kappa shape index (κ1) is 13.7. The van der Waals surface area contributed by atoms with E-state index >= 15 is 0 Å². The van der Waals surface area contributed by atoms with Crippen molar-refractivity contribution in [2.24, 2.45) is 11.8 Å². The summed E-state index contributed by atoms with van der Waals surface area (Å²) in [5, 5.41) is 3.24. The Morgan fingerprint density at radius 1 is 1.05 bits per heavy atom. The summed E-state index contributed by atoms with van der Waals surface area (Å²) in [6.07, 6.45) is 0. The van der Waals surface area contributed by atoms with Crippen LogP contribution in [0.5, 0.6) is 0 Å². The number of rotatable bonds is 4. The van der Waals surface area contributed by atoms with Crippen molar-refractivity contribution in [1.82, 2.24) is 5.32 Å². The number of carbonyl (C=O) groups excluding carboxylic acids is 2. The largest absolute Gasteiger partial charge is 0.313 e. The number of amides is 2. The molecular weight excluding hydrogens is 240 g/mol. The summed E-state index contributed by atoms with van der Waals surface area (Å²) in [6, 6.07) is 7.58. The maximum atomic E-state index is 12.1. The second-order valence-electron chi connectivity index (χ2n) is 5.04. The normalized spacial score (nSPS) is 23.2. The molecule has 19 heavy (non-hydrogen) atoms. The highest BCUT2D eigenvalue weighted by Crippen LogP contribution is 2.30. The van der Waals surface area contributed by atoms with Crippen LogP contribution in [0.2, 0.25) is 0 Å². The van der Waals surface area contributed by atoms with Crippen molar-refractivity contribution in [3.8, 4) is 0 Å². The van der Waals surface area contributed by atoms with Gasteiger partial charge in [-0.3, -0.25) is 14.5 Å². The molecule has 1 N–H and O–H groups in total. The molecule has 0 bridgehead atoms. The highest BCUT2D eigenvalue weighted by Gasteiger charge is 2.42. The van der Waals surface area contributed by atoms with Gasteiger partial charge in [-0.25, -0.2) is 0 Å². The first-order valence-electron chi connectivity index (χ1n) is 6.73. The Hall–Kier alpha value is -1.68. The molecule has 0 spiro atoms. The molecule has 0 aliphatic carbocycles. The summed E-state index contributed by atoms with van der Waals surface area (Å²) in [4.78, 5) is 25.5. The van der Waals surface area contributed by atoms with Gasteiger partial charge in [0.25, 0.3) is 0 Å². The number of imide groups is 1. The van der Waals surface area contributed by atoms with E-state index in [0.29, 0.717) is 5.69 Å². The van der Waals surface area contributed by atoms with Crippen molar-refractivity contribution in [1.29, 1.82) is 0 Å². The van der Waals surface area contributed by atoms with Crippen LogP contribution in [0.15, 0.2) is 24.3 Å². The Balaban J connectivity index is 2.18. The van der Waals surface area contributed by atoms with Crippen LogP contribution in [-0.4, -0.2) is 18.4 Å². The molecule has 0 radical (unpaired) electrons. The van der Waals surface area contributed by atoms with Gasteiger partial charge in [0.05, 0.1) is 5.69 Å². The highest BCUT2D eigenvalue weighted by molar-refractivity contribution is 6.21. The molecule has 0 aromatic heterocycles. The van der Waals surface area contributed by atoms with Gasteiger partial charge in [0.2, 0.25) is 11.8 Å². The zero-order valence-corrected chi connectivity index (χ0v) is 11.6. The van der Waals surface area contributed by atoms with E-state index in [1.165, 1.54) is 4.90 Å². The molecular formula is C15H20N2O2. The zero-order chi connectivity index (χ0) is 14.0. The molecule has 102 valence electrons. The van der Waals surface area contributed by atoms with E-state index in [-0.39, 0.29) is 23.7 Å². The van der Waals surface area contributed by atoms with E-state index in [1.807, 2.05) is 38.1 Å². The fourth-order valence-electron chi connectivity index (χ4n) is 2.23. The lowest BCUT2D eigenvalue weighted by Crippen LogP contribution is -2.30. The van der Waals surface area contributed by atoms with Crippen LogP contribution in [0.1, 0.15) is 26.3 Å². The van der Waals surface area contributed by atoms with Gasteiger partial charge in [-0.2, -0.15) is 0 Å². The predicted molar refractivity (Wildman–Crippen MR) is 74.6 cm³/mol. The molecule has 1 aliphatic heterocycles. The van der Waals surface area contributed by atoms with E-state index in [1.54, 1.807) is 0 Å². The van der Waals surface area contributed by atoms with Crippen molar-refractivity contribution in [2.75, 3.05) is 11.4 Å². The number of hydrogen-bond donors (Lipinski definition) is 1. The second-order valence-corrected chi connectivity index (χ2v) is 5.04. The number of hydrogen-bond acceptors (Lipinski definition) is 3. The summed E-state index contributed by atoms with van der Waals surface area (Å²) < 4.78 is 0. The molecule has 1 heterocycles. The van der Waals surface area contributed by atoms with Crippen molar-refractivity contribution < 1.29 is 9.59 Å². The van der Waals surface area contributed by atoms with E-state index in [0.717, 1.165) is 18.7 Å². The summed E-state index contributed by atoms with van der Waals surface area (Å²) in [6.45, 7) is 7.39. The second kappa shape index (κ2) is 5.53. The third-order valence-electron chi connectivity index (χ3n) is 3.74. The SMILES string of the molecule is CCNCc1ccc(N2C(=O)C(C)C(C)C2=O)cc1. The molecule has 1 aromatic rings. The molecule has 2 atom stereocenters. The third-order valence-corrected chi connectivity index (χ3v) is 3.74. The van der Waals surface area contributed by atoms with Gasteiger partial charge in [-0.1, -0.05) is 32.9 Å². The Morgan fingerprint density at radius 3 is 2.05 bits per heavy atom. The van der Waals surface area contributed by atoms with E-state index in [9.17, 15) is 9.59 Å². The number of carbonyl (C=O) groups is 2. The molecule has 1 aromatic carbocycles. The molecule has 4 heteroatoms. The van der Waals surface area contributed by atoms with Crippen molar-refractivity contribution in [3.63, 3.8) is 0 Å². The summed E-state index contributed by atoms with van der Waals surface area (Å²) in [5.74, 6) is -0.656. The average Bonchev–Trinajstić information content (AvgIpc) is 2.62. The molecule has 1 aliphatic rings. The number of nitrogens with one attached hydrogen (secondary N) is 1. The van der Waals surface area contributed by atoms with Gasteiger partial charge in [0.15, 0.2) is 0 Å². The van der Waals surface area contributed by atoms with Gasteiger partial charge in [-0.05, 0) is 24.2 Å². The van der Waals surface area contributed by atoms with Crippen LogP contribution in [0.3, 0.4) is 0 Å². The van der Waals surface area contributed by atoms with Crippen LogP contribution < -0.4 is 10.2 Å². The van der Waals surface area contributed by atoms with Crippen LogP contribution in [0, 0.1) is 11.8 Å². The zero-order valence-electron chi connectivity index (χ0n) is 11.6. The maximum absolute atomic E-state index is 12.1. The van der Waals surface area contributed by atoms with Gasteiger partial charge in [0, 0.05) is 18.4 Å². The van der Waals surface area contributed by atoms with Crippen molar-refractivity contribution in [2.45, 2.75) is 27.3 Å². The van der Waals surface area contributed by atoms with Crippen LogP contribution in [0.4, 0.5) is 5.69 Å². The standard InChI is InChI=1S/C15H20N2O2/c1-4-16-9-12-5-7-13(8-6-12)17-14(18)10(2)11(3)15(17)19/h5-8,10-11,16H,4,9H2,1-3H3. The van der Waals surface area contributed by atoms with Gasteiger partial charge < -0.3 is 5.32 Å². The fraction of sp³-hybridized carbons (Fsp3) is 0.467. The molecule has 0 saturated carbocycles. The Kier molecular flexibility index (Phi) is 4.00. The maximum Gasteiger partial charge on any atom is 0.237 e. The minimum absolute atomic E-state index is 0.100. The minimum Gasteiger partial charge on any atom is -0.313 e. The first-order valence-corrected chi connectivity index (χ1v) is 6.73. The Morgan fingerprint density at radius 2 is 1.58 bits per heavy atom. The molecule has 2 amide bonds. The molecule has 4 nitrogen and oxygen atoms in total. The number of nitrogens with zero attached hydrogens (tertiary/aromatic N) is 1. The quantitative estimate of drug-likeness (QED) is 0.842. The third kappa shape index (κ3) is 2.54. The summed E-state index contributed by atoms with van der Waals surface area (Å²) >= 11 is 0. The molecule has 2 unspecified atom stereocenters. The number of anilines is 1. The first-order chi connectivity index (χ1) is 9.06. The Labute approximate surface area is 113 Å². The molecule has 1 saturated heterocycles. The smallest absolute Gasteiger partial charge is 0.237 e. The van der Waals surface area contributed by atoms with E-state index < -0.39 is 0 Å². The van der Waals surface area contributed by atoms with Crippen LogP contribution >= 0.6 is 0 Å². The van der Waals surface area contributed by atoms with Crippen molar-refractivity contribution >= 4 is 17.5 Å². The Bertz CT molecular complexity index is 461. The van der Waals surface area contributed by atoms with E-state index in [2.05, 4.69) is 12.2 Å². The predicted octanol–water partition coefficient (Wildman–Crippen LogP) is 1.94. The van der Waals surface area contributed by atoms with Crippen LogP contribution in [-0.2, 0) is 16.1 Å². The number of benzene rings is 1. The topological polar surface area (TPSA) is 49.4 Å². The van der Waals surface area contributed by atoms with Crippen molar-refractivity contribution in [3.05, 3.63) is 29.8 Å². The summed E-state index contributed by atoms with van der Waals surface area (Å²) in [5.41, 5.74) is 1.82. The van der Waals surface area contributed by atoms with Gasteiger partial charge in [-0.15, -0.1) is 0 Å². The molecule has 2 rings (SSSR count). The highest BCUT2D eigenvalue weighted by atomic mass is 16.2. The van der Waals surface area contributed by atoms with E-state index in [4.69, 9.17) is 0 Å². The fourth-order valence-corrected chi connectivity index (χ4v) is 2.23. The summed E-state index contributed by atoms with van der Waals surface area (Å²) in [7, 11) is 0. The van der Waals surface area contributed by atoms with Gasteiger partial charge in [0.1, 0.15) is 0 Å². The minimum atomic E-state index is -0.228. The monoisotopic (exact) mass is 260 g/mol. The lowest BCUT2D eigenvalue weighted by Gasteiger charge is -2.15. The average molecular weight is 260 g/mol. The molecule has 1 fully saturated rings. The van der Waals surface area contributed by atoms with Gasteiger partial charge >= 0.3 is 0 Å².